The third-order valence-corrected chi connectivity index (χ3v) is 8.68. The summed E-state index contributed by atoms with van der Waals surface area (Å²) in [6.07, 6.45) is 2.60. The number of nitro groups is 1. The summed E-state index contributed by atoms with van der Waals surface area (Å²) in [7, 11) is -4.11. The third-order valence-electron chi connectivity index (χ3n) is 6.84. The molecular formula is C30H34Cl2N4O6S. The van der Waals surface area contributed by atoms with E-state index in [4.69, 9.17) is 23.2 Å². The molecule has 0 aliphatic rings. The fraction of sp³-hybridized carbons (Fsp3) is 0.333. The SMILES string of the molecule is CCCCNC(=O)[C@H](Cc1ccccc1)N(Cc1c(Cl)cccc1Cl)C(=O)CN(c1cc([N+](=O)[O-])ccc1C)S(C)(=O)=O. The number of unbranched alkanes of at least 4 members (excludes halogenated alkanes) is 1. The number of rotatable bonds is 14. The molecule has 230 valence electrons. The molecule has 0 radical (unpaired) electrons. The van der Waals surface area contributed by atoms with Crippen molar-refractivity contribution in [2.45, 2.75) is 45.7 Å². The molecule has 13 heteroatoms. The standard InChI is InChI=1S/C30H34Cl2N4O6S/c1-4-5-16-33-30(38)28(17-22-10-7-6-8-11-22)34(19-24-25(31)12-9-13-26(24)32)29(37)20-35(43(3,41)42)27-18-23(36(39)40)15-14-21(27)2/h6-15,18,28H,4-5,16-17,19-20H2,1-3H3,(H,33,38)/t28-/m0/s1. The van der Waals surface area contributed by atoms with Crippen LogP contribution in [0, 0.1) is 17.0 Å². The van der Waals surface area contributed by atoms with Gasteiger partial charge in [-0.3, -0.25) is 24.0 Å². The van der Waals surface area contributed by atoms with E-state index in [1.54, 1.807) is 25.1 Å². The molecule has 0 aliphatic carbocycles. The number of halogens is 2. The number of carbonyl (C=O) groups is 2. The molecule has 0 aromatic heterocycles. The Balaban J connectivity index is 2.13. The summed E-state index contributed by atoms with van der Waals surface area (Å²) in [4.78, 5) is 40.0. The molecule has 0 spiro atoms. The van der Waals surface area contributed by atoms with Gasteiger partial charge in [-0.1, -0.05) is 79.0 Å². The zero-order valence-electron chi connectivity index (χ0n) is 24.1. The Hall–Kier alpha value is -3.67. The summed E-state index contributed by atoms with van der Waals surface area (Å²) >= 11 is 12.9. The second-order valence-corrected chi connectivity index (χ2v) is 12.8. The normalized spacial score (nSPS) is 11.9. The number of nitrogens with zero attached hydrogens (tertiary/aromatic N) is 3. The largest absolute Gasteiger partial charge is 0.354 e. The highest BCUT2D eigenvalue weighted by Crippen LogP contribution is 2.30. The van der Waals surface area contributed by atoms with Crippen LogP contribution in [-0.2, 0) is 32.6 Å². The van der Waals surface area contributed by atoms with Crippen LogP contribution in [0.4, 0.5) is 11.4 Å². The van der Waals surface area contributed by atoms with E-state index in [1.165, 1.54) is 17.0 Å². The molecule has 0 bridgehead atoms. The summed E-state index contributed by atoms with van der Waals surface area (Å²) < 4.78 is 26.9. The first-order valence-electron chi connectivity index (χ1n) is 13.6. The minimum Gasteiger partial charge on any atom is -0.354 e. The van der Waals surface area contributed by atoms with E-state index < -0.39 is 39.3 Å². The quantitative estimate of drug-likeness (QED) is 0.139. The highest BCUT2D eigenvalue weighted by atomic mass is 35.5. The van der Waals surface area contributed by atoms with E-state index in [9.17, 15) is 28.1 Å². The van der Waals surface area contributed by atoms with Gasteiger partial charge in [-0.05, 0) is 36.6 Å². The van der Waals surface area contributed by atoms with Crippen molar-refractivity contribution in [3.63, 3.8) is 0 Å². The Morgan fingerprint density at radius 1 is 1.02 bits per heavy atom. The predicted octanol–water partition coefficient (Wildman–Crippen LogP) is 5.53. The summed E-state index contributed by atoms with van der Waals surface area (Å²) in [6.45, 7) is 3.04. The molecule has 0 heterocycles. The molecule has 0 saturated heterocycles. The lowest BCUT2D eigenvalue weighted by Gasteiger charge is -2.34. The topological polar surface area (TPSA) is 130 Å². The number of benzene rings is 3. The van der Waals surface area contributed by atoms with Gasteiger partial charge in [0.25, 0.3) is 5.69 Å². The van der Waals surface area contributed by atoms with Crippen molar-refractivity contribution >= 4 is 56.4 Å². The van der Waals surface area contributed by atoms with Crippen molar-refractivity contribution in [1.82, 2.24) is 10.2 Å². The Morgan fingerprint density at radius 2 is 1.67 bits per heavy atom. The van der Waals surface area contributed by atoms with Gasteiger partial charge >= 0.3 is 0 Å². The maximum Gasteiger partial charge on any atom is 0.271 e. The molecule has 1 atom stereocenters. The Morgan fingerprint density at radius 3 is 2.26 bits per heavy atom. The summed E-state index contributed by atoms with van der Waals surface area (Å²) in [5, 5.41) is 14.9. The summed E-state index contributed by atoms with van der Waals surface area (Å²) in [5.41, 5.74) is 1.21. The Labute approximate surface area is 261 Å². The van der Waals surface area contributed by atoms with Crippen LogP contribution < -0.4 is 9.62 Å². The average Bonchev–Trinajstić information content (AvgIpc) is 2.95. The van der Waals surface area contributed by atoms with Crippen molar-refractivity contribution in [2.75, 3.05) is 23.7 Å². The van der Waals surface area contributed by atoms with E-state index in [0.717, 1.165) is 35.0 Å². The fourth-order valence-corrected chi connectivity index (χ4v) is 5.90. The molecule has 0 saturated carbocycles. The fourth-order valence-electron chi connectivity index (χ4n) is 4.49. The second kappa shape index (κ2) is 15.2. The smallest absolute Gasteiger partial charge is 0.271 e. The molecule has 0 aliphatic heterocycles. The van der Waals surface area contributed by atoms with Crippen molar-refractivity contribution in [3.8, 4) is 0 Å². The lowest BCUT2D eigenvalue weighted by Crippen LogP contribution is -2.53. The minimum absolute atomic E-state index is 0.0206. The minimum atomic E-state index is -4.11. The van der Waals surface area contributed by atoms with Crippen LogP contribution in [0.3, 0.4) is 0 Å². The van der Waals surface area contributed by atoms with Crippen molar-refractivity contribution in [3.05, 3.63) is 104 Å². The number of aryl methyl sites for hydroxylation is 1. The second-order valence-electron chi connectivity index (χ2n) is 10.1. The van der Waals surface area contributed by atoms with Crippen LogP contribution in [-0.4, -0.2) is 55.4 Å². The van der Waals surface area contributed by atoms with Gasteiger partial charge in [0.1, 0.15) is 12.6 Å². The van der Waals surface area contributed by atoms with Gasteiger partial charge in [0.05, 0.1) is 16.9 Å². The lowest BCUT2D eigenvalue weighted by molar-refractivity contribution is -0.384. The van der Waals surface area contributed by atoms with E-state index >= 15 is 0 Å². The first-order chi connectivity index (χ1) is 20.3. The number of nitrogens with one attached hydrogen (secondary N) is 1. The van der Waals surface area contributed by atoms with Gasteiger partial charge in [0, 0.05) is 47.3 Å². The summed E-state index contributed by atoms with van der Waals surface area (Å²) in [5.74, 6) is -1.15. The van der Waals surface area contributed by atoms with Crippen molar-refractivity contribution in [1.29, 1.82) is 0 Å². The number of non-ortho nitro benzene ring substituents is 1. The molecule has 10 nitrogen and oxygen atoms in total. The van der Waals surface area contributed by atoms with E-state index in [0.29, 0.717) is 17.7 Å². The lowest BCUT2D eigenvalue weighted by atomic mass is 10.0. The van der Waals surface area contributed by atoms with Crippen LogP contribution in [0.25, 0.3) is 0 Å². The predicted molar refractivity (Wildman–Crippen MR) is 169 cm³/mol. The number of nitro benzene ring substituents is 1. The molecular weight excluding hydrogens is 615 g/mol. The number of hydrogen-bond donors (Lipinski definition) is 1. The first kappa shape index (κ1) is 33.8. The van der Waals surface area contributed by atoms with E-state index in [1.807, 2.05) is 37.3 Å². The third kappa shape index (κ3) is 9.16. The van der Waals surface area contributed by atoms with Crippen LogP contribution in [0.15, 0.2) is 66.7 Å². The van der Waals surface area contributed by atoms with Crippen LogP contribution >= 0.6 is 23.2 Å². The average molecular weight is 650 g/mol. The highest BCUT2D eigenvalue weighted by Gasteiger charge is 2.34. The maximum absolute atomic E-state index is 14.2. The van der Waals surface area contributed by atoms with Gasteiger partial charge in [-0.2, -0.15) is 0 Å². The first-order valence-corrected chi connectivity index (χ1v) is 16.2. The van der Waals surface area contributed by atoms with Crippen LogP contribution in [0.5, 0.6) is 0 Å². The monoisotopic (exact) mass is 648 g/mol. The number of amides is 2. The molecule has 0 fully saturated rings. The molecule has 3 aromatic rings. The van der Waals surface area contributed by atoms with E-state index in [2.05, 4.69) is 5.32 Å². The Bertz CT molecular complexity index is 1550. The summed E-state index contributed by atoms with van der Waals surface area (Å²) in [6, 6.07) is 16.7. The number of sulfonamides is 1. The van der Waals surface area contributed by atoms with E-state index in [-0.39, 0.29) is 34.4 Å². The van der Waals surface area contributed by atoms with Gasteiger partial charge in [-0.25, -0.2) is 8.42 Å². The van der Waals surface area contributed by atoms with Crippen LogP contribution in [0.1, 0.15) is 36.5 Å². The van der Waals surface area contributed by atoms with Gasteiger partial charge in [0.2, 0.25) is 21.8 Å². The van der Waals surface area contributed by atoms with Gasteiger partial charge < -0.3 is 10.2 Å². The number of hydrogen-bond acceptors (Lipinski definition) is 6. The zero-order chi connectivity index (χ0) is 31.7. The molecule has 2 amide bonds. The number of carbonyl (C=O) groups excluding carboxylic acids is 2. The molecule has 43 heavy (non-hydrogen) atoms. The van der Waals surface area contributed by atoms with Crippen LogP contribution in [0.2, 0.25) is 10.0 Å². The number of anilines is 1. The zero-order valence-corrected chi connectivity index (χ0v) is 26.5. The molecule has 0 unspecified atom stereocenters. The van der Waals surface area contributed by atoms with Gasteiger partial charge in [0.15, 0.2) is 0 Å². The molecule has 3 rings (SSSR count). The van der Waals surface area contributed by atoms with Gasteiger partial charge in [-0.15, -0.1) is 0 Å². The molecule has 1 N–H and O–H groups in total. The van der Waals surface area contributed by atoms with Crippen molar-refractivity contribution < 1.29 is 22.9 Å². The maximum atomic E-state index is 14.2. The molecule has 3 aromatic carbocycles. The van der Waals surface area contributed by atoms with Crippen molar-refractivity contribution in [2.24, 2.45) is 0 Å². The Kier molecular flexibility index (Phi) is 11.9. The highest BCUT2D eigenvalue weighted by molar-refractivity contribution is 7.92.